The molecule has 0 fully saturated rings. The van der Waals surface area contributed by atoms with Crippen molar-refractivity contribution in [3.8, 4) is 0 Å². The summed E-state index contributed by atoms with van der Waals surface area (Å²) in [5.74, 6) is 2.33. The van der Waals surface area contributed by atoms with Gasteiger partial charge < -0.3 is 10.6 Å². The van der Waals surface area contributed by atoms with Gasteiger partial charge in [0.25, 0.3) is 0 Å². The first kappa shape index (κ1) is 22.4. The fourth-order valence-corrected chi connectivity index (χ4v) is 2.25. The Labute approximate surface area is 135 Å². The third-order valence-corrected chi connectivity index (χ3v) is 3.86. The van der Waals surface area contributed by atoms with Gasteiger partial charge in [-0.2, -0.15) is 11.8 Å². The molecule has 0 rings (SSSR count). The molecule has 0 radical (unpaired) electrons. The van der Waals surface area contributed by atoms with Gasteiger partial charge >= 0.3 is 0 Å². The topological polar surface area (TPSA) is 46.3 Å². The maximum Gasteiger partial charge on any atom is 0.239 e. The number of halogens is 1. The highest BCUT2D eigenvalue weighted by atomic mass is 35.5. The summed E-state index contributed by atoms with van der Waals surface area (Å²) in [4.78, 5) is 14.3. The number of carbonyl (C=O) groups is 1. The SMILES string of the molecule is CSCC[C@H](N)C(=O)N(CCC(C)C)CCC(C)C.Cl. The van der Waals surface area contributed by atoms with Crippen LogP contribution in [0.25, 0.3) is 0 Å². The van der Waals surface area contributed by atoms with Gasteiger partial charge in [0.1, 0.15) is 0 Å². The largest absolute Gasteiger partial charge is 0.341 e. The molecule has 122 valence electrons. The van der Waals surface area contributed by atoms with Crippen LogP contribution in [-0.2, 0) is 4.79 Å². The van der Waals surface area contributed by atoms with Crippen LogP contribution < -0.4 is 5.73 Å². The van der Waals surface area contributed by atoms with Crippen molar-refractivity contribution >= 4 is 30.1 Å². The molecule has 1 amide bonds. The van der Waals surface area contributed by atoms with Crippen molar-refractivity contribution in [2.24, 2.45) is 17.6 Å². The monoisotopic (exact) mass is 324 g/mol. The number of carbonyl (C=O) groups excluding carboxylic acids is 1. The average molecular weight is 325 g/mol. The van der Waals surface area contributed by atoms with Gasteiger partial charge in [-0.25, -0.2) is 0 Å². The van der Waals surface area contributed by atoms with E-state index in [0.29, 0.717) is 11.8 Å². The second-order valence-corrected chi connectivity index (χ2v) is 7.06. The number of rotatable bonds is 10. The van der Waals surface area contributed by atoms with Crippen LogP contribution in [0, 0.1) is 11.8 Å². The molecule has 0 aliphatic heterocycles. The molecular weight excluding hydrogens is 292 g/mol. The first-order valence-electron chi connectivity index (χ1n) is 7.41. The Bertz CT molecular complexity index is 238. The van der Waals surface area contributed by atoms with Crippen molar-refractivity contribution in [1.29, 1.82) is 0 Å². The molecule has 0 unspecified atom stereocenters. The quantitative estimate of drug-likeness (QED) is 0.670. The lowest BCUT2D eigenvalue weighted by Gasteiger charge is -2.27. The van der Waals surface area contributed by atoms with E-state index in [1.54, 1.807) is 11.8 Å². The first-order chi connectivity index (χ1) is 8.88. The molecule has 0 heterocycles. The van der Waals surface area contributed by atoms with E-state index in [1.807, 2.05) is 11.2 Å². The molecule has 5 heteroatoms. The van der Waals surface area contributed by atoms with E-state index in [4.69, 9.17) is 5.73 Å². The van der Waals surface area contributed by atoms with Crippen LogP contribution in [0.3, 0.4) is 0 Å². The Morgan fingerprint density at radius 3 is 1.85 bits per heavy atom. The molecule has 0 saturated heterocycles. The molecule has 0 aromatic rings. The van der Waals surface area contributed by atoms with Crippen molar-refractivity contribution in [3.05, 3.63) is 0 Å². The summed E-state index contributed by atoms with van der Waals surface area (Å²) in [5, 5.41) is 0. The maximum atomic E-state index is 12.4. The second kappa shape index (κ2) is 12.8. The summed E-state index contributed by atoms with van der Waals surface area (Å²) >= 11 is 1.74. The lowest BCUT2D eigenvalue weighted by Crippen LogP contribution is -2.45. The molecule has 0 spiro atoms. The Morgan fingerprint density at radius 2 is 1.50 bits per heavy atom. The third kappa shape index (κ3) is 10.8. The minimum Gasteiger partial charge on any atom is -0.341 e. The molecule has 3 nitrogen and oxygen atoms in total. The van der Waals surface area contributed by atoms with Gasteiger partial charge in [-0.05, 0) is 43.1 Å². The highest BCUT2D eigenvalue weighted by Crippen LogP contribution is 2.09. The molecular formula is C15H33ClN2OS. The van der Waals surface area contributed by atoms with E-state index in [0.717, 1.165) is 38.1 Å². The molecule has 0 aliphatic rings. The second-order valence-electron chi connectivity index (χ2n) is 6.08. The Hall–Kier alpha value is 0.0700. The van der Waals surface area contributed by atoms with Crippen molar-refractivity contribution in [1.82, 2.24) is 4.90 Å². The molecule has 0 bridgehead atoms. The number of nitrogens with zero attached hydrogens (tertiary/aromatic N) is 1. The predicted octanol–water partition coefficient (Wildman–Crippen LogP) is 3.41. The molecule has 0 aliphatic carbocycles. The summed E-state index contributed by atoms with van der Waals surface area (Å²) in [7, 11) is 0. The summed E-state index contributed by atoms with van der Waals surface area (Å²) in [6.07, 6.45) is 4.94. The normalized spacial score (nSPS) is 12.4. The smallest absolute Gasteiger partial charge is 0.239 e. The minimum atomic E-state index is -0.327. The molecule has 20 heavy (non-hydrogen) atoms. The summed E-state index contributed by atoms with van der Waals surface area (Å²) < 4.78 is 0. The zero-order valence-electron chi connectivity index (χ0n) is 13.7. The summed E-state index contributed by atoms with van der Waals surface area (Å²) in [6, 6.07) is -0.327. The minimum absolute atomic E-state index is 0. The van der Waals surface area contributed by atoms with E-state index in [-0.39, 0.29) is 24.4 Å². The highest BCUT2D eigenvalue weighted by Gasteiger charge is 2.20. The predicted molar refractivity (Wildman–Crippen MR) is 93.7 cm³/mol. The van der Waals surface area contributed by atoms with Crippen LogP contribution in [0.2, 0.25) is 0 Å². The van der Waals surface area contributed by atoms with Crippen LogP contribution in [-0.4, -0.2) is 41.9 Å². The Kier molecular flexibility index (Phi) is 14.3. The Morgan fingerprint density at radius 1 is 1.05 bits per heavy atom. The number of hydrogen-bond acceptors (Lipinski definition) is 3. The van der Waals surface area contributed by atoms with Gasteiger partial charge in [0.2, 0.25) is 5.91 Å². The van der Waals surface area contributed by atoms with E-state index in [2.05, 4.69) is 27.7 Å². The molecule has 0 aromatic carbocycles. The molecule has 0 aromatic heterocycles. The molecule has 1 atom stereocenters. The van der Waals surface area contributed by atoms with E-state index < -0.39 is 0 Å². The van der Waals surface area contributed by atoms with Crippen LogP contribution in [0.5, 0.6) is 0 Å². The van der Waals surface area contributed by atoms with Gasteiger partial charge in [0.05, 0.1) is 6.04 Å². The van der Waals surface area contributed by atoms with Crippen LogP contribution in [0.15, 0.2) is 0 Å². The van der Waals surface area contributed by atoms with Crippen molar-refractivity contribution in [2.45, 2.75) is 53.0 Å². The van der Waals surface area contributed by atoms with Crippen molar-refractivity contribution < 1.29 is 4.79 Å². The first-order valence-corrected chi connectivity index (χ1v) is 8.81. The number of hydrogen-bond donors (Lipinski definition) is 1. The fraction of sp³-hybridized carbons (Fsp3) is 0.933. The highest BCUT2D eigenvalue weighted by molar-refractivity contribution is 7.98. The third-order valence-electron chi connectivity index (χ3n) is 3.21. The summed E-state index contributed by atoms with van der Waals surface area (Å²) in [5.41, 5.74) is 6.01. The lowest BCUT2D eigenvalue weighted by molar-refractivity contribution is -0.133. The number of amides is 1. The van der Waals surface area contributed by atoms with E-state index in [9.17, 15) is 4.79 Å². The maximum absolute atomic E-state index is 12.4. The average Bonchev–Trinajstić information content (AvgIpc) is 2.34. The standard InChI is InChI=1S/C15H32N2OS.ClH/c1-12(2)6-9-17(10-7-13(3)4)15(18)14(16)8-11-19-5;/h12-14H,6-11,16H2,1-5H3;1H/t14-;/m0./s1. The van der Waals surface area contributed by atoms with E-state index in [1.165, 1.54) is 0 Å². The Balaban J connectivity index is 0. The van der Waals surface area contributed by atoms with Gasteiger partial charge in [0, 0.05) is 13.1 Å². The van der Waals surface area contributed by atoms with Gasteiger partial charge in [0.15, 0.2) is 0 Å². The van der Waals surface area contributed by atoms with Crippen LogP contribution in [0.4, 0.5) is 0 Å². The molecule has 2 N–H and O–H groups in total. The van der Waals surface area contributed by atoms with Crippen LogP contribution >= 0.6 is 24.2 Å². The fourth-order valence-electron chi connectivity index (χ4n) is 1.76. The summed E-state index contributed by atoms with van der Waals surface area (Å²) in [6.45, 7) is 10.5. The van der Waals surface area contributed by atoms with Crippen molar-refractivity contribution in [2.75, 3.05) is 25.1 Å². The van der Waals surface area contributed by atoms with Crippen molar-refractivity contribution in [3.63, 3.8) is 0 Å². The zero-order valence-corrected chi connectivity index (χ0v) is 15.4. The zero-order chi connectivity index (χ0) is 14.8. The van der Waals surface area contributed by atoms with Gasteiger partial charge in [-0.1, -0.05) is 27.7 Å². The van der Waals surface area contributed by atoms with E-state index >= 15 is 0 Å². The van der Waals surface area contributed by atoms with Crippen LogP contribution in [0.1, 0.15) is 47.0 Å². The lowest BCUT2D eigenvalue weighted by atomic mass is 10.1. The molecule has 0 saturated carbocycles. The van der Waals surface area contributed by atoms with Gasteiger partial charge in [-0.3, -0.25) is 4.79 Å². The van der Waals surface area contributed by atoms with Gasteiger partial charge in [-0.15, -0.1) is 12.4 Å². The number of thioether (sulfide) groups is 1. The number of nitrogens with two attached hydrogens (primary N) is 1.